The Morgan fingerprint density at radius 1 is 1.56 bits per heavy atom. The van der Waals surface area contributed by atoms with Gasteiger partial charge in [-0.1, -0.05) is 6.92 Å². The van der Waals surface area contributed by atoms with Crippen molar-refractivity contribution in [1.82, 2.24) is 10.6 Å². The minimum Gasteiger partial charge on any atom is -0.480 e. The predicted octanol–water partition coefficient (Wildman–Crippen LogP) is 0.697. The molecule has 0 aromatic rings. The monoisotopic (exact) mass is 274 g/mol. The second-order valence-corrected chi connectivity index (χ2v) is 5.72. The van der Waals surface area contributed by atoms with E-state index in [1.165, 1.54) is 0 Å². The van der Waals surface area contributed by atoms with Crippen molar-refractivity contribution in [2.75, 3.05) is 18.6 Å². The Labute approximate surface area is 112 Å². The Balaban J connectivity index is 2.51. The zero-order valence-electron chi connectivity index (χ0n) is 10.9. The minimum atomic E-state index is -0.958. The number of piperidine rings is 1. The number of carbonyl (C=O) groups is 2. The number of nitrogens with one attached hydrogen (secondary N) is 2. The van der Waals surface area contributed by atoms with E-state index in [2.05, 4.69) is 10.6 Å². The normalized spacial score (nSPS) is 25.4. The molecule has 1 heterocycles. The van der Waals surface area contributed by atoms with Gasteiger partial charge < -0.3 is 15.7 Å². The maximum Gasteiger partial charge on any atom is 0.326 e. The van der Waals surface area contributed by atoms with Crippen molar-refractivity contribution >= 4 is 23.6 Å². The zero-order valence-corrected chi connectivity index (χ0v) is 11.8. The molecular formula is C12H22N2O3S. The van der Waals surface area contributed by atoms with E-state index in [-0.39, 0.29) is 17.9 Å². The summed E-state index contributed by atoms with van der Waals surface area (Å²) in [5.41, 5.74) is 0. The first-order valence-corrected chi connectivity index (χ1v) is 7.71. The smallest absolute Gasteiger partial charge is 0.326 e. The molecule has 104 valence electrons. The first-order chi connectivity index (χ1) is 8.56. The number of carboxylic acids is 1. The molecule has 1 fully saturated rings. The largest absolute Gasteiger partial charge is 0.480 e. The van der Waals surface area contributed by atoms with Gasteiger partial charge in [-0.05, 0) is 43.7 Å². The summed E-state index contributed by atoms with van der Waals surface area (Å²) in [7, 11) is 0. The summed E-state index contributed by atoms with van der Waals surface area (Å²) in [6.45, 7) is 2.85. The van der Waals surface area contributed by atoms with Crippen LogP contribution in [0.3, 0.4) is 0 Å². The summed E-state index contributed by atoms with van der Waals surface area (Å²) in [6, 6.07) is -1.03. The lowest BCUT2D eigenvalue weighted by atomic mass is 9.92. The second-order valence-electron chi connectivity index (χ2n) is 4.73. The molecule has 3 unspecified atom stereocenters. The van der Waals surface area contributed by atoms with Gasteiger partial charge in [0.2, 0.25) is 5.91 Å². The molecule has 0 spiro atoms. The number of carbonyl (C=O) groups excluding carboxylic acids is 1. The van der Waals surface area contributed by atoms with Gasteiger partial charge in [0.05, 0.1) is 6.04 Å². The van der Waals surface area contributed by atoms with Gasteiger partial charge in [0.1, 0.15) is 6.04 Å². The Morgan fingerprint density at radius 2 is 2.28 bits per heavy atom. The van der Waals surface area contributed by atoms with Gasteiger partial charge in [0, 0.05) is 0 Å². The summed E-state index contributed by atoms with van der Waals surface area (Å²) >= 11 is 1.58. The molecule has 0 aromatic heterocycles. The zero-order chi connectivity index (χ0) is 13.5. The number of hydrogen-bond donors (Lipinski definition) is 3. The molecule has 3 N–H and O–H groups in total. The fourth-order valence-electron chi connectivity index (χ4n) is 2.16. The molecule has 3 atom stereocenters. The standard InChI is InChI=1S/C12H22N2O3S/c1-8-4-3-6-13-10(8)11(15)14-9(12(16)17)5-7-18-2/h8-10,13H,3-7H2,1-2H3,(H,14,15)(H,16,17). The number of aliphatic carboxylic acids is 1. The van der Waals surface area contributed by atoms with Gasteiger partial charge in [0.15, 0.2) is 0 Å². The van der Waals surface area contributed by atoms with E-state index in [0.717, 1.165) is 25.1 Å². The molecule has 6 heteroatoms. The van der Waals surface area contributed by atoms with Crippen LogP contribution in [0, 0.1) is 5.92 Å². The summed E-state index contributed by atoms with van der Waals surface area (Å²) in [5.74, 6) is -0.157. The fraction of sp³-hybridized carbons (Fsp3) is 0.833. The van der Waals surface area contributed by atoms with Crippen LogP contribution in [0.1, 0.15) is 26.2 Å². The molecule has 0 aromatic carbocycles. The number of thioether (sulfide) groups is 1. The molecule has 1 rings (SSSR count). The van der Waals surface area contributed by atoms with Crippen molar-refractivity contribution in [2.24, 2.45) is 5.92 Å². The van der Waals surface area contributed by atoms with E-state index < -0.39 is 12.0 Å². The van der Waals surface area contributed by atoms with Crippen molar-refractivity contribution in [3.05, 3.63) is 0 Å². The van der Waals surface area contributed by atoms with Crippen LogP contribution >= 0.6 is 11.8 Å². The van der Waals surface area contributed by atoms with Crippen LogP contribution in [0.15, 0.2) is 0 Å². The van der Waals surface area contributed by atoms with E-state index in [1.807, 2.05) is 13.2 Å². The van der Waals surface area contributed by atoms with Gasteiger partial charge in [-0.3, -0.25) is 4.79 Å². The van der Waals surface area contributed by atoms with Crippen molar-refractivity contribution in [1.29, 1.82) is 0 Å². The maximum absolute atomic E-state index is 12.0. The molecule has 0 bridgehead atoms. The van der Waals surface area contributed by atoms with Crippen LogP contribution in [0.5, 0.6) is 0 Å². The van der Waals surface area contributed by atoms with E-state index in [0.29, 0.717) is 6.42 Å². The van der Waals surface area contributed by atoms with Crippen LogP contribution in [0.4, 0.5) is 0 Å². The molecule has 1 aliphatic rings. The van der Waals surface area contributed by atoms with Gasteiger partial charge >= 0.3 is 5.97 Å². The first-order valence-electron chi connectivity index (χ1n) is 6.31. The lowest BCUT2D eigenvalue weighted by Crippen LogP contribution is -2.54. The van der Waals surface area contributed by atoms with Crippen LogP contribution in [0.2, 0.25) is 0 Å². The van der Waals surface area contributed by atoms with Gasteiger partial charge in [-0.25, -0.2) is 4.79 Å². The third kappa shape index (κ3) is 4.49. The molecule has 0 aliphatic carbocycles. The van der Waals surface area contributed by atoms with Crippen LogP contribution < -0.4 is 10.6 Å². The Hall–Kier alpha value is -0.750. The third-order valence-corrected chi connectivity index (χ3v) is 3.92. The third-order valence-electron chi connectivity index (χ3n) is 3.28. The van der Waals surface area contributed by atoms with E-state index in [9.17, 15) is 9.59 Å². The highest BCUT2D eigenvalue weighted by Gasteiger charge is 2.30. The lowest BCUT2D eigenvalue weighted by molar-refractivity contribution is -0.142. The molecule has 5 nitrogen and oxygen atoms in total. The fourth-order valence-corrected chi connectivity index (χ4v) is 2.63. The highest BCUT2D eigenvalue weighted by molar-refractivity contribution is 7.98. The minimum absolute atomic E-state index is 0.185. The van der Waals surface area contributed by atoms with Gasteiger partial charge in [0.25, 0.3) is 0 Å². The molecule has 1 saturated heterocycles. The highest BCUT2D eigenvalue weighted by Crippen LogP contribution is 2.16. The summed E-state index contributed by atoms with van der Waals surface area (Å²) in [5, 5.41) is 14.9. The molecule has 1 aliphatic heterocycles. The molecule has 18 heavy (non-hydrogen) atoms. The van der Waals surface area contributed by atoms with Gasteiger partial charge in [-0.15, -0.1) is 0 Å². The highest BCUT2D eigenvalue weighted by atomic mass is 32.2. The number of rotatable bonds is 6. The number of carboxylic acid groups (broad SMARTS) is 1. The predicted molar refractivity (Wildman–Crippen MR) is 72.8 cm³/mol. The Bertz CT molecular complexity index is 299. The molecule has 0 saturated carbocycles. The van der Waals surface area contributed by atoms with Crippen molar-refractivity contribution in [2.45, 2.75) is 38.3 Å². The van der Waals surface area contributed by atoms with Crippen molar-refractivity contribution in [3.8, 4) is 0 Å². The van der Waals surface area contributed by atoms with E-state index in [4.69, 9.17) is 5.11 Å². The summed E-state index contributed by atoms with van der Waals surface area (Å²) in [6.07, 6.45) is 4.46. The molecule has 0 radical (unpaired) electrons. The van der Waals surface area contributed by atoms with Crippen LogP contribution in [-0.4, -0.2) is 47.6 Å². The average Bonchev–Trinajstić information content (AvgIpc) is 2.34. The van der Waals surface area contributed by atoms with Crippen molar-refractivity contribution in [3.63, 3.8) is 0 Å². The van der Waals surface area contributed by atoms with E-state index in [1.54, 1.807) is 11.8 Å². The van der Waals surface area contributed by atoms with Crippen LogP contribution in [0.25, 0.3) is 0 Å². The Morgan fingerprint density at radius 3 is 2.83 bits per heavy atom. The molecule has 1 amide bonds. The Kier molecular flexibility index (Phi) is 6.49. The summed E-state index contributed by atoms with van der Waals surface area (Å²) < 4.78 is 0. The first kappa shape index (κ1) is 15.3. The second kappa shape index (κ2) is 7.63. The van der Waals surface area contributed by atoms with Crippen LogP contribution in [-0.2, 0) is 9.59 Å². The van der Waals surface area contributed by atoms with Crippen molar-refractivity contribution < 1.29 is 14.7 Å². The SMILES string of the molecule is CSCCC(NC(=O)C1NCCCC1C)C(=O)O. The van der Waals surface area contributed by atoms with E-state index >= 15 is 0 Å². The molecular weight excluding hydrogens is 252 g/mol. The number of hydrogen-bond acceptors (Lipinski definition) is 4. The van der Waals surface area contributed by atoms with Gasteiger partial charge in [-0.2, -0.15) is 11.8 Å². The summed E-state index contributed by atoms with van der Waals surface area (Å²) in [4.78, 5) is 23.1. The maximum atomic E-state index is 12.0. The lowest BCUT2D eigenvalue weighted by Gasteiger charge is -2.30. The topological polar surface area (TPSA) is 78.4 Å². The number of amides is 1. The average molecular weight is 274 g/mol. The quantitative estimate of drug-likeness (QED) is 0.664.